The van der Waals surface area contributed by atoms with Crippen molar-refractivity contribution >= 4 is 11.8 Å². The average molecular weight is 315 g/mol. The molecule has 0 bridgehead atoms. The lowest BCUT2D eigenvalue weighted by Gasteiger charge is -2.33. The summed E-state index contributed by atoms with van der Waals surface area (Å²) in [6.07, 6.45) is 7.64. The molecule has 1 unspecified atom stereocenters. The summed E-state index contributed by atoms with van der Waals surface area (Å²) in [7, 11) is 1.96. The van der Waals surface area contributed by atoms with Crippen LogP contribution in [0.4, 0.5) is 0 Å². The SMILES string of the molecule is CN(C(=O)C1CC12CCN(C(=O)Cc1ccc[nH]1)CC2)C1CC1. The first-order valence-corrected chi connectivity index (χ1v) is 8.76. The maximum Gasteiger partial charge on any atom is 0.228 e. The molecule has 1 saturated heterocycles. The van der Waals surface area contributed by atoms with Crippen LogP contribution in [0.2, 0.25) is 0 Å². The van der Waals surface area contributed by atoms with Crippen LogP contribution >= 0.6 is 0 Å². The molecule has 2 amide bonds. The molecular weight excluding hydrogens is 290 g/mol. The smallest absolute Gasteiger partial charge is 0.228 e. The molecule has 1 spiro atoms. The van der Waals surface area contributed by atoms with E-state index in [1.165, 1.54) is 12.8 Å². The molecule has 2 heterocycles. The Labute approximate surface area is 137 Å². The Hall–Kier alpha value is -1.78. The van der Waals surface area contributed by atoms with Crippen LogP contribution in [-0.2, 0) is 16.0 Å². The zero-order valence-electron chi connectivity index (χ0n) is 13.8. The number of aromatic nitrogens is 1. The Morgan fingerprint density at radius 2 is 2.09 bits per heavy atom. The highest BCUT2D eigenvalue weighted by Crippen LogP contribution is 2.60. The largest absolute Gasteiger partial charge is 0.365 e. The van der Waals surface area contributed by atoms with Gasteiger partial charge in [-0.2, -0.15) is 0 Å². The van der Waals surface area contributed by atoms with Crippen LogP contribution in [-0.4, -0.2) is 52.8 Å². The van der Waals surface area contributed by atoms with Crippen molar-refractivity contribution in [3.05, 3.63) is 24.0 Å². The standard InChI is InChI=1S/C18H25N3O2/c1-20(14-4-5-14)17(23)15-12-18(15)6-9-21(10-7-18)16(22)11-13-3-2-8-19-13/h2-3,8,14-15,19H,4-7,9-12H2,1H3. The van der Waals surface area contributed by atoms with Crippen molar-refractivity contribution in [1.82, 2.24) is 14.8 Å². The van der Waals surface area contributed by atoms with Crippen molar-refractivity contribution in [3.63, 3.8) is 0 Å². The number of nitrogens with one attached hydrogen (secondary N) is 1. The maximum absolute atomic E-state index is 12.5. The minimum atomic E-state index is 0.195. The van der Waals surface area contributed by atoms with Gasteiger partial charge in [-0.15, -0.1) is 0 Å². The molecule has 5 heteroatoms. The predicted molar refractivity (Wildman–Crippen MR) is 86.6 cm³/mol. The Balaban J connectivity index is 1.29. The molecule has 23 heavy (non-hydrogen) atoms. The first-order chi connectivity index (χ1) is 11.1. The highest BCUT2D eigenvalue weighted by atomic mass is 16.2. The summed E-state index contributed by atoms with van der Waals surface area (Å²) in [5.41, 5.74) is 1.17. The number of aromatic amines is 1. The topological polar surface area (TPSA) is 56.4 Å². The number of rotatable bonds is 4. The fourth-order valence-corrected chi connectivity index (χ4v) is 4.09. The van der Waals surface area contributed by atoms with E-state index in [4.69, 9.17) is 0 Å². The summed E-state index contributed by atoms with van der Waals surface area (Å²) in [6, 6.07) is 4.37. The van der Waals surface area contributed by atoms with Gasteiger partial charge in [-0.05, 0) is 49.7 Å². The minimum absolute atomic E-state index is 0.195. The number of hydrogen-bond acceptors (Lipinski definition) is 2. The highest BCUT2D eigenvalue weighted by Gasteiger charge is 2.59. The van der Waals surface area contributed by atoms with Gasteiger partial charge in [-0.25, -0.2) is 0 Å². The molecular formula is C18H25N3O2. The Kier molecular flexibility index (Phi) is 3.47. The summed E-state index contributed by atoms with van der Waals surface area (Å²) in [5.74, 6) is 0.758. The van der Waals surface area contributed by atoms with E-state index >= 15 is 0 Å². The second-order valence-electron chi connectivity index (χ2n) is 7.55. The molecule has 5 nitrogen and oxygen atoms in total. The normalized spacial score (nSPS) is 25.4. The first kappa shape index (κ1) is 14.8. The molecule has 124 valence electrons. The minimum Gasteiger partial charge on any atom is -0.365 e. The lowest BCUT2D eigenvalue weighted by Crippen LogP contribution is -2.41. The van der Waals surface area contributed by atoms with E-state index in [2.05, 4.69) is 4.98 Å². The Morgan fingerprint density at radius 3 is 2.70 bits per heavy atom. The summed E-state index contributed by atoms with van der Waals surface area (Å²) in [4.78, 5) is 31.9. The molecule has 3 aliphatic rings. The van der Waals surface area contributed by atoms with Crippen LogP contribution in [0.3, 0.4) is 0 Å². The summed E-state index contributed by atoms with van der Waals surface area (Å²) in [6.45, 7) is 1.60. The van der Waals surface area contributed by atoms with Crippen molar-refractivity contribution in [2.75, 3.05) is 20.1 Å². The highest BCUT2D eigenvalue weighted by molar-refractivity contribution is 5.83. The second-order valence-corrected chi connectivity index (χ2v) is 7.55. The van der Waals surface area contributed by atoms with Gasteiger partial charge >= 0.3 is 0 Å². The third-order valence-corrected chi connectivity index (χ3v) is 6.05. The van der Waals surface area contributed by atoms with E-state index in [-0.39, 0.29) is 17.2 Å². The van der Waals surface area contributed by atoms with Crippen LogP contribution in [0.25, 0.3) is 0 Å². The fraction of sp³-hybridized carbons (Fsp3) is 0.667. The zero-order valence-corrected chi connectivity index (χ0v) is 13.8. The van der Waals surface area contributed by atoms with Gasteiger partial charge < -0.3 is 14.8 Å². The molecule has 3 fully saturated rings. The average Bonchev–Trinajstić information content (AvgIpc) is 3.46. The van der Waals surface area contributed by atoms with Crippen molar-refractivity contribution in [3.8, 4) is 0 Å². The number of carbonyl (C=O) groups excluding carboxylic acids is 2. The Morgan fingerprint density at radius 1 is 1.35 bits per heavy atom. The third-order valence-electron chi connectivity index (χ3n) is 6.05. The van der Waals surface area contributed by atoms with Gasteiger partial charge in [0.15, 0.2) is 0 Å². The summed E-state index contributed by atoms with van der Waals surface area (Å²) in [5, 5.41) is 0. The monoisotopic (exact) mass is 315 g/mol. The maximum atomic E-state index is 12.5. The second kappa shape index (κ2) is 5.39. The van der Waals surface area contributed by atoms with Gasteiger partial charge in [0, 0.05) is 44.0 Å². The van der Waals surface area contributed by atoms with Crippen LogP contribution < -0.4 is 0 Å². The van der Waals surface area contributed by atoms with Gasteiger partial charge in [-0.3, -0.25) is 9.59 Å². The quantitative estimate of drug-likeness (QED) is 0.921. The lowest BCUT2D eigenvalue weighted by atomic mass is 9.90. The lowest BCUT2D eigenvalue weighted by molar-refractivity contribution is -0.133. The number of hydrogen-bond donors (Lipinski definition) is 1. The molecule has 1 aromatic heterocycles. The van der Waals surface area contributed by atoms with Gasteiger partial charge in [-0.1, -0.05) is 0 Å². The van der Waals surface area contributed by atoms with E-state index < -0.39 is 0 Å². The zero-order chi connectivity index (χ0) is 16.0. The molecule has 1 aromatic rings. The third kappa shape index (κ3) is 2.77. The van der Waals surface area contributed by atoms with Gasteiger partial charge in [0.2, 0.25) is 11.8 Å². The number of carbonyl (C=O) groups is 2. The predicted octanol–water partition coefficient (Wildman–Crippen LogP) is 1.81. The van der Waals surface area contributed by atoms with Crippen molar-refractivity contribution in [1.29, 1.82) is 0 Å². The molecule has 2 aliphatic carbocycles. The fourth-order valence-electron chi connectivity index (χ4n) is 4.09. The van der Waals surface area contributed by atoms with Gasteiger partial charge in [0.25, 0.3) is 0 Å². The van der Waals surface area contributed by atoms with Crippen molar-refractivity contribution in [2.24, 2.45) is 11.3 Å². The van der Waals surface area contributed by atoms with Crippen LogP contribution in [0.1, 0.15) is 37.8 Å². The van der Waals surface area contributed by atoms with Gasteiger partial charge in [0.05, 0.1) is 6.42 Å². The molecule has 0 aromatic carbocycles. The van der Waals surface area contributed by atoms with E-state index in [0.29, 0.717) is 18.4 Å². The van der Waals surface area contributed by atoms with E-state index in [9.17, 15) is 9.59 Å². The van der Waals surface area contributed by atoms with Crippen LogP contribution in [0, 0.1) is 11.3 Å². The van der Waals surface area contributed by atoms with E-state index in [1.54, 1.807) is 0 Å². The number of likely N-dealkylation sites (tertiary alicyclic amines) is 1. The summed E-state index contributed by atoms with van der Waals surface area (Å²) < 4.78 is 0. The molecule has 4 rings (SSSR count). The van der Waals surface area contributed by atoms with Crippen molar-refractivity contribution in [2.45, 2.75) is 44.6 Å². The summed E-state index contributed by atoms with van der Waals surface area (Å²) >= 11 is 0. The van der Waals surface area contributed by atoms with E-state index in [0.717, 1.165) is 38.0 Å². The molecule has 0 radical (unpaired) electrons. The number of H-pyrrole nitrogens is 1. The number of amides is 2. The molecule has 1 aliphatic heterocycles. The molecule has 1 atom stereocenters. The van der Waals surface area contributed by atoms with Gasteiger partial charge in [0.1, 0.15) is 0 Å². The van der Waals surface area contributed by atoms with Crippen LogP contribution in [0.5, 0.6) is 0 Å². The van der Waals surface area contributed by atoms with Crippen molar-refractivity contribution < 1.29 is 9.59 Å². The first-order valence-electron chi connectivity index (χ1n) is 8.76. The number of nitrogens with zero attached hydrogens (tertiary/aromatic N) is 2. The molecule has 1 N–H and O–H groups in total. The van der Waals surface area contributed by atoms with E-state index in [1.807, 2.05) is 35.2 Å². The van der Waals surface area contributed by atoms with Crippen LogP contribution in [0.15, 0.2) is 18.3 Å². The number of piperidine rings is 1. The Bertz CT molecular complexity index is 598. The molecule has 2 saturated carbocycles.